The summed E-state index contributed by atoms with van der Waals surface area (Å²) >= 11 is 0. The van der Waals surface area contributed by atoms with Crippen molar-refractivity contribution in [3.63, 3.8) is 0 Å². The first-order valence-electron chi connectivity index (χ1n) is 7.53. The molecule has 1 heterocycles. The number of benzene rings is 1. The first-order chi connectivity index (χ1) is 8.71. The van der Waals surface area contributed by atoms with E-state index in [1.54, 1.807) is 0 Å². The number of rotatable bonds is 1. The van der Waals surface area contributed by atoms with Crippen molar-refractivity contribution in [2.24, 2.45) is 5.41 Å². The SMILES string of the molecule is CC(C)(C)C1C(c2ccccc2)CCN1C(C)(C)C. The highest BCUT2D eigenvalue weighted by Gasteiger charge is 2.45. The lowest BCUT2D eigenvalue weighted by Gasteiger charge is -2.45. The van der Waals surface area contributed by atoms with Crippen molar-refractivity contribution in [1.82, 2.24) is 4.90 Å². The van der Waals surface area contributed by atoms with E-state index < -0.39 is 0 Å². The van der Waals surface area contributed by atoms with Crippen LogP contribution in [0.2, 0.25) is 0 Å². The third kappa shape index (κ3) is 3.02. The molecule has 0 N–H and O–H groups in total. The maximum absolute atomic E-state index is 2.71. The maximum Gasteiger partial charge on any atom is 0.0218 e. The van der Waals surface area contributed by atoms with E-state index in [0.717, 1.165) is 0 Å². The van der Waals surface area contributed by atoms with E-state index in [9.17, 15) is 0 Å². The molecular formula is C18H29N. The van der Waals surface area contributed by atoms with Crippen LogP contribution in [0.4, 0.5) is 0 Å². The highest BCUT2D eigenvalue weighted by atomic mass is 15.2. The van der Waals surface area contributed by atoms with Gasteiger partial charge in [0.05, 0.1) is 0 Å². The number of hydrogen-bond acceptors (Lipinski definition) is 1. The molecular weight excluding hydrogens is 230 g/mol. The van der Waals surface area contributed by atoms with Gasteiger partial charge in [-0.1, -0.05) is 51.1 Å². The van der Waals surface area contributed by atoms with E-state index in [1.165, 1.54) is 18.5 Å². The minimum absolute atomic E-state index is 0.251. The van der Waals surface area contributed by atoms with Crippen LogP contribution in [0.3, 0.4) is 0 Å². The van der Waals surface area contributed by atoms with Gasteiger partial charge in [0, 0.05) is 17.5 Å². The molecule has 1 aliphatic rings. The molecule has 0 spiro atoms. The predicted octanol–water partition coefficient (Wildman–Crippen LogP) is 4.69. The van der Waals surface area contributed by atoms with E-state index in [4.69, 9.17) is 0 Å². The second-order valence-corrected chi connectivity index (χ2v) is 7.98. The van der Waals surface area contributed by atoms with Crippen molar-refractivity contribution in [3.8, 4) is 0 Å². The van der Waals surface area contributed by atoms with Crippen molar-refractivity contribution in [1.29, 1.82) is 0 Å². The maximum atomic E-state index is 2.71. The van der Waals surface area contributed by atoms with Gasteiger partial charge in [-0.25, -0.2) is 0 Å². The zero-order valence-corrected chi connectivity index (χ0v) is 13.4. The van der Waals surface area contributed by atoms with Crippen molar-refractivity contribution in [2.75, 3.05) is 6.54 Å². The standard InChI is InChI=1S/C18H29N/c1-17(2,3)16-15(14-10-8-7-9-11-14)12-13-19(16)18(4,5)6/h7-11,15-16H,12-13H2,1-6H3. The Morgan fingerprint density at radius 3 is 2.00 bits per heavy atom. The summed E-state index contributed by atoms with van der Waals surface area (Å²) in [5.41, 5.74) is 2.07. The number of nitrogens with zero attached hydrogens (tertiary/aromatic N) is 1. The quantitative estimate of drug-likeness (QED) is 0.707. The predicted molar refractivity (Wildman–Crippen MR) is 83.5 cm³/mol. The zero-order valence-electron chi connectivity index (χ0n) is 13.4. The summed E-state index contributed by atoms with van der Waals surface area (Å²) in [7, 11) is 0. The lowest BCUT2D eigenvalue weighted by atomic mass is 9.76. The highest BCUT2D eigenvalue weighted by Crippen LogP contribution is 2.45. The Morgan fingerprint density at radius 1 is 0.947 bits per heavy atom. The Hall–Kier alpha value is -0.820. The minimum atomic E-state index is 0.251. The van der Waals surface area contributed by atoms with Crippen molar-refractivity contribution < 1.29 is 0 Å². The molecule has 1 nitrogen and oxygen atoms in total. The van der Waals surface area contributed by atoms with Crippen LogP contribution in [0.25, 0.3) is 0 Å². The topological polar surface area (TPSA) is 3.24 Å². The molecule has 0 radical (unpaired) electrons. The average Bonchev–Trinajstić information content (AvgIpc) is 2.74. The molecule has 1 fully saturated rings. The summed E-state index contributed by atoms with van der Waals surface area (Å²) in [5.74, 6) is 0.667. The molecule has 2 atom stereocenters. The molecule has 1 aromatic rings. The second-order valence-electron chi connectivity index (χ2n) is 7.98. The number of likely N-dealkylation sites (tertiary alicyclic amines) is 1. The summed E-state index contributed by atoms with van der Waals surface area (Å²) in [6.45, 7) is 15.4. The molecule has 0 aliphatic carbocycles. The van der Waals surface area contributed by atoms with E-state index in [2.05, 4.69) is 76.8 Å². The molecule has 1 aromatic carbocycles. The van der Waals surface area contributed by atoms with E-state index in [1.807, 2.05) is 0 Å². The lowest BCUT2D eigenvalue weighted by Crippen LogP contribution is -2.51. The van der Waals surface area contributed by atoms with Gasteiger partial charge in [-0.3, -0.25) is 4.90 Å². The van der Waals surface area contributed by atoms with Gasteiger partial charge in [0.2, 0.25) is 0 Å². The zero-order chi connectivity index (χ0) is 14.3. The van der Waals surface area contributed by atoms with Gasteiger partial charge < -0.3 is 0 Å². The third-order valence-corrected chi connectivity index (χ3v) is 4.37. The van der Waals surface area contributed by atoms with Crippen molar-refractivity contribution in [3.05, 3.63) is 35.9 Å². The Bertz CT molecular complexity index is 408. The van der Waals surface area contributed by atoms with E-state index in [-0.39, 0.29) is 5.54 Å². The first kappa shape index (κ1) is 14.6. The summed E-state index contributed by atoms with van der Waals surface area (Å²) in [4.78, 5) is 2.71. The van der Waals surface area contributed by atoms with E-state index in [0.29, 0.717) is 17.4 Å². The molecule has 1 aliphatic heterocycles. The molecule has 0 aromatic heterocycles. The lowest BCUT2D eigenvalue weighted by molar-refractivity contribution is 0.0512. The minimum Gasteiger partial charge on any atom is -0.294 e. The molecule has 2 rings (SSSR count). The van der Waals surface area contributed by atoms with E-state index >= 15 is 0 Å². The Balaban J connectivity index is 2.36. The van der Waals surface area contributed by atoms with Crippen LogP contribution in [0.1, 0.15) is 59.4 Å². The van der Waals surface area contributed by atoms with Gasteiger partial charge in [-0.05, 0) is 44.7 Å². The van der Waals surface area contributed by atoms with Gasteiger partial charge >= 0.3 is 0 Å². The van der Waals surface area contributed by atoms with Gasteiger partial charge in [0.1, 0.15) is 0 Å². The second kappa shape index (κ2) is 4.94. The fourth-order valence-corrected chi connectivity index (χ4v) is 3.67. The van der Waals surface area contributed by atoms with Gasteiger partial charge in [0.15, 0.2) is 0 Å². The number of hydrogen-bond donors (Lipinski definition) is 0. The highest BCUT2D eigenvalue weighted by molar-refractivity contribution is 5.24. The summed E-state index contributed by atoms with van der Waals surface area (Å²) in [5, 5.41) is 0. The largest absolute Gasteiger partial charge is 0.294 e. The van der Waals surface area contributed by atoms with Crippen molar-refractivity contribution >= 4 is 0 Å². The van der Waals surface area contributed by atoms with Crippen LogP contribution in [0, 0.1) is 5.41 Å². The summed E-state index contributed by atoms with van der Waals surface area (Å²) in [6.07, 6.45) is 1.28. The van der Waals surface area contributed by atoms with Gasteiger partial charge in [-0.2, -0.15) is 0 Å². The molecule has 1 saturated heterocycles. The smallest absolute Gasteiger partial charge is 0.0218 e. The summed E-state index contributed by atoms with van der Waals surface area (Å²) < 4.78 is 0. The van der Waals surface area contributed by atoms with Crippen LogP contribution < -0.4 is 0 Å². The van der Waals surface area contributed by atoms with Gasteiger partial charge in [0.25, 0.3) is 0 Å². The summed E-state index contributed by atoms with van der Waals surface area (Å²) in [6, 6.07) is 11.7. The Morgan fingerprint density at radius 2 is 1.53 bits per heavy atom. The third-order valence-electron chi connectivity index (χ3n) is 4.37. The van der Waals surface area contributed by atoms with Gasteiger partial charge in [-0.15, -0.1) is 0 Å². The van der Waals surface area contributed by atoms with Crippen LogP contribution in [0.5, 0.6) is 0 Å². The average molecular weight is 259 g/mol. The normalized spacial score (nSPS) is 25.8. The monoisotopic (exact) mass is 259 g/mol. The van der Waals surface area contributed by atoms with Crippen LogP contribution >= 0.6 is 0 Å². The first-order valence-corrected chi connectivity index (χ1v) is 7.53. The molecule has 1 heteroatoms. The van der Waals surface area contributed by atoms with Crippen LogP contribution in [-0.2, 0) is 0 Å². The van der Waals surface area contributed by atoms with Crippen molar-refractivity contribution in [2.45, 2.75) is 65.5 Å². The molecule has 0 bridgehead atoms. The Kier molecular flexibility index (Phi) is 3.79. The fraction of sp³-hybridized carbons (Fsp3) is 0.667. The van der Waals surface area contributed by atoms with Crippen LogP contribution in [-0.4, -0.2) is 23.0 Å². The fourth-order valence-electron chi connectivity index (χ4n) is 3.67. The molecule has 19 heavy (non-hydrogen) atoms. The molecule has 0 amide bonds. The molecule has 2 unspecified atom stereocenters. The van der Waals surface area contributed by atoms with Crippen LogP contribution in [0.15, 0.2) is 30.3 Å². The molecule has 106 valence electrons. The molecule has 0 saturated carbocycles. The Labute approximate surface area is 119 Å².